The number of fused-ring (bicyclic) bond motifs is 1. The molecule has 4 rings (SSSR count). The highest BCUT2D eigenvalue weighted by atomic mass is 16.5. The highest BCUT2D eigenvalue weighted by Crippen LogP contribution is 2.39. The zero-order chi connectivity index (χ0) is 25.1. The molecule has 1 saturated carbocycles. The fourth-order valence-corrected chi connectivity index (χ4v) is 4.24. The lowest BCUT2D eigenvalue weighted by Crippen LogP contribution is -2.28. The Morgan fingerprint density at radius 3 is 2.71 bits per heavy atom. The van der Waals surface area contributed by atoms with Crippen LogP contribution in [0.2, 0.25) is 0 Å². The molecular weight excluding hydrogens is 446 g/mol. The number of amides is 2. The lowest BCUT2D eigenvalue weighted by atomic mass is 10.1. The molecule has 10 nitrogen and oxygen atoms in total. The molecule has 1 aromatic heterocycles. The third kappa shape index (κ3) is 5.48. The number of carbonyl (C=O) groups is 2. The molecule has 1 aliphatic heterocycles. The van der Waals surface area contributed by atoms with Crippen molar-refractivity contribution in [2.24, 2.45) is 0 Å². The Hall–Kier alpha value is -3.40. The summed E-state index contributed by atoms with van der Waals surface area (Å²) in [5.41, 5.74) is 2.00. The van der Waals surface area contributed by atoms with Crippen molar-refractivity contribution >= 4 is 35.0 Å². The van der Waals surface area contributed by atoms with Gasteiger partial charge in [0.25, 0.3) is 5.91 Å². The first kappa shape index (κ1) is 24.7. The van der Waals surface area contributed by atoms with Crippen molar-refractivity contribution in [3.8, 4) is 5.75 Å². The number of anilines is 4. The third-order valence-electron chi connectivity index (χ3n) is 6.47. The van der Waals surface area contributed by atoms with Crippen LogP contribution in [0.4, 0.5) is 23.1 Å². The van der Waals surface area contributed by atoms with E-state index < -0.39 is 0 Å². The zero-order valence-electron chi connectivity index (χ0n) is 21.2. The van der Waals surface area contributed by atoms with Crippen LogP contribution in [0.1, 0.15) is 36.0 Å². The maximum atomic E-state index is 12.6. The van der Waals surface area contributed by atoms with Gasteiger partial charge in [-0.2, -0.15) is 4.98 Å². The molecule has 1 aromatic carbocycles. The summed E-state index contributed by atoms with van der Waals surface area (Å²) < 4.78 is 5.62. The van der Waals surface area contributed by atoms with Gasteiger partial charge < -0.3 is 29.7 Å². The Morgan fingerprint density at radius 2 is 2.03 bits per heavy atom. The number of ether oxygens (including phenoxy) is 1. The highest BCUT2D eigenvalue weighted by Gasteiger charge is 2.35. The molecule has 1 aliphatic carbocycles. The summed E-state index contributed by atoms with van der Waals surface area (Å²) in [6, 6.07) is 5.78. The van der Waals surface area contributed by atoms with E-state index in [4.69, 9.17) is 9.72 Å². The van der Waals surface area contributed by atoms with Crippen LogP contribution in [0.15, 0.2) is 24.4 Å². The minimum absolute atomic E-state index is 0.0661. The Bertz CT molecular complexity index is 1090. The van der Waals surface area contributed by atoms with Gasteiger partial charge in [-0.3, -0.25) is 9.59 Å². The second-order valence-corrected chi connectivity index (χ2v) is 9.36. The largest absolute Gasteiger partial charge is 0.495 e. The van der Waals surface area contributed by atoms with Gasteiger partial charge >= 0.3 is 0 Å². The van der Waals surface area contributed by atoms with E-state index in [0.717, 1.165) is 43.0 Å². The van der Waals surface area contributed by atoms with E-state index in [1.165, 1.54) is 0 Å². The lowest BCUT2D eigenvalue weighted by molar-refractivity contribution is -0.118. The second kappa shape index (κ2) is 10.5. The summed E-state index contributed by atoms with van der Waals surface area (Å²) in [6.07, 6.45) is 5.28. The van der Waals surface area contributed by atoms with Crippen LogP contribution in [0.3, 0.4) is 0 Å². The van der Waals surface area contributed by atoms with Gasteiger partial charge in [0.1, 0.15) is 11.4 Å². The number of methoxy groups -OCH3 is 1. The van der Waals surface area contributed by atoms with Crippen molar-refractivity contribution in [3.05, 3.63) is 30.0 Å². The molecule has 2 heterocycles. The quantitative estimate of drug-likeness (QED) is 0.545. The molecule has 0 spiro atoms. The number of hydrogen-bond donors (Lipinski definition) is 1. The Balaban J connectivity index is 1.56. The van der Waals surface area contributed by atoms with Gasteiger partial charge in [-0.1, -0.05) is 0 Å². The normalized spacial score (nSPS) is 15.7. The first-order valence-electron chi connectivity index (χ1n) is 12.0. The maximum Gasteiger partial charge on any atom is 0.251 e. The summed E-state index contributed by atoms with van der Waals surface area (Å²) in [4.78, 5) is 42.3. The minimum atomic E-state index is -0.134. The Morgan fingerprint density at radius 1 is 1.26 bits per heavy atom. The molecule has 10 heteroatoms. The molecule has 0 bridgehead atoms. The van der Waals surface area contributed by atoms with Crippen molar-refractivity contribution in [1.29, 1.82) is 0 Å². The first-order chi connectivity index (χ1) is 16.8. The number of benzene rings is 1. The highest BCUT2D eigenvalue weighted by molar-refractivity contribution is 5.97. The molecule has 2 amide bonds. The summed E-state index contributed by atoms with van der Waals surface area (Å²) in [5, 5.41) is 2.96. The van der Waals surface area contributed by atoms with E-state index in [-0.39, 0.29) is 11.8 Å². The van der Waals surface area contributed by atoms with E-state index in [1.54, 1.807) is 37.4 Å². The van der Waals surface area contributed by atoms with Crippen molar-refractivity contribution in [2.45, 2.75) is 31.7 Å². The van der Waals surface area contributed by atoms with E-state index in [9.17, 15) is 9.59 Å². The summed E-state index contributed by atoms with van der Waals surface area (Å²) in [6.45, 7) is 2.18. The number of rotatable bonds is 9. The number of nitrogens with zero attached hydrogens (tertiary/aromatic N) is 6. The third-order valence-corrected chi connectivity index (χ3v) is 6.47. The van der Waals surface area contributed by atoms with E-state index in [2.05, 4.69) is 20.1 Å². The van der Waals surface area contributed by atoms with Crippen LogP contribution in [0.5, 0.6) is 5.75 Å². The number of carbonyl (C=O) groups excluding carboxylic acids is 2. The molecule has 35 heavy (non-hydrogen) atoms. The standard InChI is InChI=1S/C25H35N7O3/c1-29(2)13-6-12-26-24(34)17-7-10-19(21(15-17)35-5)31(4)25-27-16-20-23(28-25)32(18-8-9-18)14-11-22(33)30(20)3/h7,10,15-16,18H,6,8-9,11-14H2,1-5H3,(H,26,34). The van der Waals surface area contributed by atoms with Crippen LogP contribution in [-0.4, -0.2) is 87.7 Å². The van der Waals surface area contributed by atoms with Gasteiger partial charge in [-0.25, -0.2) is 4.98 Å². The molecule has 2 aliphatic rings. The SMILES string of the molecule is COc1cc(C(=O)NCCCN(C)C)ccc1N(C)c1ncc2c(n1)N(C1CC1)CCC(=O)N2C. The molecule has 2 aromatic rings. The summed E-state index contributed by atoms with van der Waals surface area (Å²) >= 11 is 0. The molecule has 1 N–H and O–H groups in total. The van der Waals surface area contributed by atoms with Crippen LogP contribution >= 0.6 is 0 Å². The van der Waals surface area contributed by atoms with Crippen molar-refractivity contribution in [1.82, 2.24) is 20.2 Å². The van der Waals surface area contributed by atoms with Crippen molar-refractivity contribution in [2.75, 3.05) is 69.6 Å². The molecular formula is C25H35N7O3. The van der Waals surface area contributed by atoms with Gasteiger partial charge in [-0.05, 0) is 58.1 Å². The van der Waals surface area contributed by atoms with Gasteiger partial charge in [0, 0.05) is 45.2 Å². The fraction of sp³-hybridized carbons (Fsp3) is 0.520. The van der Waals surface area contributed by atoms with Crippen LogP contribution < -0.4 is 24.8 Å². The average molecular weight is 482 g/mol. The predicted molar refractivity (Wildman–Crippen MR) is 137 cm³/mol. The predicted octanol–water partition coefficient (Wildman–Crippen LogP) is 2.27. The zero-order valence-corrected chi connectivity index (χ0v) is 21.2. The minimum Gasteiger partial charge on any atom is -0.495 e. The molecule has 0 saturated heterocycles. The molecule has 0 radical (unpaired) electrons. The first-order valence-corrected chi connectivity index (χ1v) is 12.0. The van der Waals surface area contributed by atoms with E-state index in [1.807, 2.05) is 32.1 Å². The monoisotopic (exact) mass is 481 g/mol. The molecule has 188 valence electrons. The van der Waals surface area contributed by atoms with E-state index in [0.29, 0.717) is 42.8 Å². The summed E-state index contributed by atoms with van der Waals surface area (Å²) in [7, 11) is 9.25. The van der Waals surface area contributed by atoms with Gasteiger partial charge in [-0.15, -0.1) is 0 Å². The topological polar surface area (TPSA) is 94.1 Å². The smallest absolute Gasteiger partial charge is 0.251 e. The van der Waals surface area contributed by atoms with Gasteiger partial charge in [0.15, 0.2) is 5.82 Å². The average Bonchev–Trinajstić information content (AvgIpc) is 3.70. The fourth-order valence-electron chi connectivity index (χ4n) is 4.24. The molecule has 1 fully saturated rings. The lowest BCUT2D eigenvalue weighted by Gasteiger charge is -2.26. The summed E-state index contributed by atoms with van der Waals surface area (Å²) in [5.74, 6) is 1.77. The van der Waals surface area contributed by atoms with E-state index >= 15 is 0 Å². The number of nitrogens with one attached hydrogen (secondary N) is 1. The van der Waals surface area contributed by atoms with Crippen molar-refractivity contribution < 1.29 is 14.3 Å². The van der Waals surface area contributed by atoms with Crippen LogP contribution in [0, 0.1) is 0 Å². The maximum absolute atomic E-state index is 12.6. The van der Waals surface area contributed by atoms with Crippen molar-refractivity contribution in [3.63, 3.8) is 0 Å². The molecule has 0 atom stereocenters. The van der Waals surface area contributed by atoms with Crippen LogP contribution in [-0.2, 0) is 4.79 Å². The number of hydrogen-bond acceptors (Lipinski definition) is 8. The van der Waals surface area contributed by atoms with Crippen LogP contribution in [0.25, 0.3) is 0 Å². The Labute approximate surface area is 206 Å². The Kier molecular flexibility index (Phi) is 7.39. The molecule has 0 unspecified atom stereocenters. The second-order valence-electron chi connectivity index (χ2n) is 9.36. The van der Waals surface area contributed by atoms with Gasteiger partial charge in [0.05, 0.1) is 19.0 Å². The van der Waals surface area contributed by atoms with Gasteiger partial charge in [0.2, 0.25) is 11.9 Å². The number of aromatic nitrogens is 2.